The van der Waals surface area contributed by atoms with E-state index in [4.69, 9.17) is 23.7 Å². The first-order valence-corrected chi connectivity index (χ1v) is 27.6. The summed E-state index contributed by atoms with van der Waals surface area (Å²) in [5.41, 5.74) is 0.250. The molecule has 0 spiro atoms. The molecule has 32 nitrogen and oxygen atoms in total. The van der Waals surface area contributed by atoms with Gasteiger partial charge < -0.3 is 88.9 Å². The fraction of sp³-hybridized carbons (Fsp3) is 0.704. The number of aromatic amines is 1. The van der Waals surface area contributed by atoms with Crippen molar-refractivity contribution in [3.05, 3.63) is 47.6 Å². The van der Waals surface area contributed by atoms with E-state index in [-0.39, 0.29) is 200 Å². The van der Waals surface area contributed by atoms with Gasteiger partial charge in [0, 0.05) is 176 Å². The summed E-state index contributed by atoms with van der Waals surface area (Å²) in [5.74, 6) is -3.26. The third-order valence-corrected chi connectivity index (χ3v) is 12.5. The van der Waals surface area contributed by atoms with Crippen LogP contribution in [0.15, 0.2) is 0 Å². The first-order valence-electron chi connectivity index (χ1n) is 27.6. The number of nitrogens with one attached hydrogen (secondary N) is 1. The molecule has 4 amide bonds. The summed E-state index contributed by atoms with van der Waals surface area (Å²) in [5, 5.41) is 60.7. The SMILES string of the molecule is COC(=O)[C@@H]1C[C@H](C)CN1C(=O)OC(C)(C)C.Cc1[c-]n([C@@H]2C[C@@H](C(=O)O)N(C(=O)OC(C)(C)C)C2)nn1.Cc1[c-]nn([C@@H]2C[C@@H](C(=O)O)N(C(=O)OC(C)(C)C)C2)n1.Cc1[c-]nn[nH]1.Cc1[c-]nnn1[C@@H]1C[C@@H](C(=O)O)N(C(=O)OC(C)(C)C)C1.[Y].[Y].[Y].[Y]. The van der Waals surface area contributed by atoms with Crippen molar-refractivity contribution in [2.75, 3.05) is 33.3 Å². The van der Waals surface area contributed by atoms with Gasteiger partial charge in [-0.25, -0.2) is 43.2 Å². The van der Waals surface area contributed by atoms with Crippen molar-refractivity contribution in [1.82, 2.24) is 80.0 Å². The van der Waals surface area contributed by atoms with Crippen molar-refractivity contribution in [3.63, 3.8) is 0 Å². The first-order chi connectivity index (χ1) is 39.7. The molecule has 8 atom stereocenters. The number of carbonyl (C=O) groups is 8. The molecule has 0 unspecified atom stereocenters. The molecule has 4 aliphatic rings. The van der Waals surface area contributed by atoms with Gasteiger partial charge in [0.1, 0.15) is 46.6 Å². The first kappa shape index (κ1) is 85.9. The van der Waals surface area contributed by atoms with Crippen molar-refractivity contribution >= 4 is 48.3 Å². The number of nitrogens with zero attached hydrogens (tertiary/aromatic N) is 15. The van der Waals surface area contributed by atoms with Crippen LogP contribution in [0.5, 0.6) is 0 Å². The number of aromatic nitrogens is 12. The van der Waals surface area contributed by atoms with Gasteiger partial charge in [-0.1, -0.05) is 34.6 Å². The van der Waals surface area contributed by atoms with Gasteiger partial charge in [-0.05, 0) is 102 Å². The molecule has 4 aromatic heterocycles. The minimum atomic E-state index is -1.06. The van der Waals surface area contributed by atoms with Crippen LogP contribution < -0.4 is 0 Å². The number of H-pyrrole nitrogens is 1. The molecule has 4 aromatic rings. The molecule has 0 bridgehead atoms. The average molecular weight is 1570 g/mol. The molecule has 4 radical (unpaired) electrons. The van der Waals surface area contributed by atoms with E-state index in [2.05, 4.69) is 71.0 Å². The van der Waals surface area contributed by atoms with Gasteiger partial charge in [0.05, 0.1) is 19.2 Å². The van der Waals surface area contributed by atoms with E-state index < -0.39 is 88.9 Å². The van der Waals surface area contributed by atoms with Gasteiger partial charge >= 0.3 is 48.3 Å². The number of hydrogen-bond acceptors (Lipinski definition) is 21. The van der Waals surface area contributed by atoms with Gasteiger partial charge in [-0.2, -0.15) is 10.2 Å². The Bertz CT molecular complexity index is 2860. The minimum absolute atomic E-state index is 0. The number of carboxylic acids is 3. The second kappa shape index (κ2) is 37.1. The number of aryl methyl sites for hydroxylation is 4. The standard InChI is InChI=1S/3C13H19N4O4.C12H21NO4.C3H4N3.4Y/c1-8-6-17(15-14-8)9-5-10(11(18)19)16(7-9)12(20)21-13(2,3)4;1-8-6-14-15-17(8)9-5-10(11(18)19)16(7-9)12(20)21-13(2,3)4;1-8-6-14-17(15-8)9-5-10(11(18)19)16(7-9)12(20)21-13(2,3)4;1-8-6-9(10(14)16-5)13(7-8)11(15)17-12(2,3)4;1-3-2-4-6-5-3;;;;/h3*9-10H,5,7H2,1-4H3,(H,18,19);8-9H,6-7H2,1-5H3;1H3,(H,4,5,6);;;;/q3*-1;;-1;;;;/t3*9-,10+;8-,9-;;;;;/m1110...../s1. The van der Waals surface area contributed by atoms with Gasteiger partial charge in [-0.3, -0.25) is 24.3 Å². The van der Waals surface area contributed by atoms with E-state index in [1.54, 1.807) is 109 Å². The Kier molecular flexibility index (Phi) is 35.5. The van der Waals surface area contributed by atoms with Crippen LogP contribution in [0.3, 0.4) is 0 Å². The van der Waals surface area contributed by atoms with E-state index in [1.165, 1.54) is 36.2 Å². The molecule has 8 heterocycles. The molecule has 36 heteroatoms. The van der Waals surface area contributed by atoms with Gasteiger partial charge in [0.15, 0.2) is 0 Å². The van der Waals surface area contributed by atoms with Gasteiger partial charge in [0.2, 0.25) is 0 Å². The van der Waals surface area contributed by atoms with Crippen LogP contribution in [0.25, 0.3) is 0 Å². The zero-order valence-electron chi connectivity index (χ0n) is 54.4. The summed E-state index contributed by atoms with van der Waals surface area (Å²) < 4.78 is 28.8. The molecule has 4 aliphatic heterocycles. The molecular weight excluding hydrogens is 1480 g/mol. The Balaban J connectivity index is 0.00000112. The summed E-state index contributed by atoms with van der Waals surface area (Å²) in [6, 6.07) is -4.09. The van der Waals surface area contributed by atoms with E-state index in [0.29, 0.717) is 30.0 Å². The summed E-state index contributed by atoms with van der Waals surface area (Å²) >= 11 is 0. The molecule has 90 heavy (non-hydrogen) atoms. The summed E-state index contributed by atoms with van der Waals surface area (Å²) in [6.45, 7) is 31.4. The Hall–Kier alpha value is -4.06. The second-order valence-corrected chi connectivity index (χ2v) is 24.9. The summed E-state index contributed by atoms with van der Waals surface area (Å²) in [4.78, 5) is 101. The largest absolute Gasteiger partial charge is 0.480 e. The van der Waals surface area contributed by atoms with Crippen LogP contribution in [0.4, 0.5) is 19.2 Å². The number of likely N-dealkylation sites (tertiary alicyclic amines) is 4. The zero-order chi connectivity index (χ0) is 65.0. The number of esters is 1. The summed E-state index contributed by atoms with van der Waals surface area (Å²) in [6.07, 6.45) is 9.94. The molecule has 0 aliphatic carbocycles. The molecule has 490 valence electrons. The molecule has 4 fully saturated rings. The molecular formula is C54H82N16O16Y4-4. The predicted octanol–water partition coefficient (Wildman–Crippen LogP) is 4.77. The number of hydrogen-bond donors (Lipinski definition) is 4. The number of methoxy groups -OCH3 is 1. The number of ether oxygens (including phenoxy) is 5. The van der Waals surface area contributed by atoms with Gasteiger partial charge in [0.25, 0.3) is 0 Å². The quantitative estimate of drug-likeness (QED) is 0.110. The average Bonchev–Trinajstić information content (AvgIpc) is 1.89. The van der Waals surface area contributed by atoms with Crippen molar-refractivity contribution in [2.45, 2.75) is 208 Å². The fourth-order valence-electron chi connectivity index (χ4n) is 8.97. The number of aliphatic carboxylic acids is 3. The number of amides is 4. The third kappa shape index (κ3) is 27.5. The van der Waals surface area contributed by atoms with Crippen LogP contribution in [0, 0.1) is 58.4 Å². The number of carbonyl (C=O) groups excluding carboxylic acids is 5. The van der Waals surface area contributed by atoms with Crippen molar-refractivity contribution < 1.29 is 208 Å². The van der Waals surface area contributed by atoms with Crippen LogP contribution in [-0.4, -0.2) is 223 Å². The van der Waals surface area contributed by atoms with E-state index in [0.717, 1.165) is 5.69 Å². The van der Waals surface area contributed by atoms with E-state index in [1.807, 2.05) is 13.8 Å². The minimum Gasteiger partial charge on any atom is -0.480 e. The van der Waals surface area contributed by atoms with Crippen LogP contribution in [-0.2, 0) is 174 Å². The normalized spacial score (nSPS) is 20.9. The topological polar surface area (TPSA) is 390 Å². The Morgan fingerprint density at radius 2 is 0.933 bits per heavy atom. The van der Waals surface area contributed by atoms with Crippen LogP contribution in [0.2, 0.25) is 0 Å². The van der Waals surface area contributed by atoms with E-state index in [9.17, 15) is 53.7 Å². The van der Waals surface area contributed by atoms with E-state index >= 15 is 0 Å². The maximum absolute atomic E-state index is 12.2. The zero-order valence-corrected chi connectivity index (χ0v) is 65.8. The fourth-order valence-corrected chi connectivity index (χ4v) is 8.97. The smallest absolute Gasteiger partial charge is 0.411 e. The predicted molar refractivity (Wildman–Crippen MR) is 297 cm³/mol. The van der Waals surface area contributed by atoms with Crippen LogP contribution >= 0.6 is 0 Å². The van der Waals surface area contributed by atoms with Crippen LogP contribution in [0.1, 0.15) is 157 Å². The van der Waals surface area contributed by atoms with Crippen molar-refractivity contribution in [3.8, 4) is 0 Å². The Labute approximate surface area is 624 Å². The Morgan fingerprint density at radius 3 is 1.26 bits per heavy atom. The van der Waals surface area contributed by atoms with Crippen molar-refractivity contribution in [1.29, 1.82) is 0 Å². The maximum atomic E-state index is 12.2. The molecule has 4 saturated heterocycles. The third-order valence-electron chi connectivity index (χ3n) is 12.5. The molecule has 0 saturated carbocycles. The molecule has 0 aromatic carbocycles. The monoisotopic (exact) mass is 1570 g/mol. The molecule has 8 rings (SSSR count). The van der Waals surface area contributed by atoms with Gasteiger partial charge in [-0.15, -0.1) is 38.4 Å². The molecule has 4 N–H and O–H groups in total. The van der Waals surface area contributed by atoms with Crippen molar-refractivity contribution in [2.24, 2.45) is 5.92 Å². The Morgan fingerprint density at radius 1 is 0.522 bits per heavy atom. The number of carboxylic acid groups (broad SMARTS) is 3. The number of rotatable bonds is 7. The summed E-state index contributed by atoms with van der Waals surface area (Å²) in [7, 11) is 1.33. The maximum Gasteiger partial charge on any atom is 0.411 e. The second-order valence-electron chi connectivity index (χ2n) is 24.9.